The van der Waals surface area contributed by atoms with Crippen LogP contribution in [-0.2, 0) is 21.2 Å². The first kappa shape index (κ1) is 18.8. The summed E-state index contributed by atoms with van der Waals surface area (Å²) in [5, 5.41) is 0. The van der Waals surface area contributed by atoms with Gasteiger partial charge in [-0.1, -0.05) is 12.1 Å². The largest absolute Gasteiger partial charge is 0.456 e. The van der Waals surface area contributed by atoms with E-state index in [1.807, 2.05) is 18.2 Å². The van der Waals surface area contributed by atoms with Crippen LogP contribution in [0.2, 0.25) is 0 Å². The van der Waals surface area contributed by atoms with Crippen LogP contribution in [0.4, 0.5) is 8.78 Å². The smallest absolute Gasteiger partial charge is 0.341 e. The summed E-state index contributed by atoms with van der Waals surface area (Å²) in [7, 11) is -4.70. The molecule has 1 aromatic heterocycles. The minimum absolute atomic E-state index is 0.0367. The Labute approximate surface area is 153 Å². The second-order valence-electron chi connectivity index (χ2n) is 5.65. The van der Waals surface area contributed by atoms with Gasteiger partial charge in [-0.25, -0.2) is 23.2 Å². The number of hydrogen-bond acceptors (Lipinski definition) is 6. The second-order valence-corrected chi connectivity index (χ2v) is 7.57. The number of aromatic nitrogens is 2. The van der Waals surface area contributed by atoms with Crippen molar-refractivity contribution in [2.75, 3.05) is 0 Å². The fourth-order valence-electron chi connectivity index (χ4n) is 2.36. The third-order valence-corrected chi connectivity index (χ3v) is 5.23. The van der Waals surface area contributed by atoms with Gasteiger partial charge >= 0.3 is 11.7 Å². The molecule has 0 aliphatic carbocycles. The monoisotopic (exact) mass is 392 g/mol. The summed E-state index contributed by atoms with van der Waals surface area (Å²) < 4.78 is 53.0. The summed E-state index contributed by atoms with van der Waals surface area (Å²) >= 11 is 0. The second kappa shape index (κ2) is 7.36. The van der Waals surface area contributed by atoms with Crippen molar-refractivity contribution in [3.8, 4) is 0 Å². The van der Waals surface area contributed by atoms with Crippen LogP contribution < -0.4 is 0 Å². The van der Waals surface area contributed by atoms with Gasteiger partial charge in [-0.3, -0.25) is 0 Å². The standard InChI is InChI=1S/C18H14F2N2O4S/c1-11-16(22-15-5-3-2-4-14(15)21-11)10-26-17(23)12-6-8-13(9-7-12)27(24,25)18(19)20/h2-9,18H,10H2,1H3. The predicted octanol–water partition coefficient (Wildman–Crippen LogP) is 3.29. The van der Waals surface area contributed by atoms with E-state index in [2.05, 4.69) is 9.97 Å². The number of alkyl halides is 2. The maximum Gasteiger partial charge on any atom is 0.341 e. The molecule has 0 unspecified atom stereocenters. The zero-order chi connectivity index (χ0) is 19.6. The summed E-state index contributed by atoms with van der Waals surface area (Å²) in [6.07, 6.45) is 0. The van der Waals surface area contributed by atoms with Crippen molar-refractivity contribution in [1.29, 1.82) is 0 Å². The van der Waals surface area contributed by atoms with Crippen molar-refractivity contribution in [2.24, 2.45) is 0 Å². The van der Waals surface area contributed by atoms with Crippen LogP contribution in [0.25, 0.3) is 11.0 Å². The van der Waals surface area contributed by atoms with Crippen LogP contribution in [0.15, 0.2) is 53.4 Å². The first-order chi connectivity index (χ1) is 12.8. The van der Waals surface area contributed by atoms with Crippen molar-refractivity contribution < 1.29 is 26.7 Å². The fraction of sp³-hybridized carbons (Fsp3) is 0.167. The topological polar surface area (TPSA) is 86.2 Å². The van der Waals surface area contributed by atoms with Gasteiger partial charge in [0.25, 0.3) is 0 Å². The molecule has 1 heterocycles. The first-order valence-electron chi connectivity index (χ1n) is 7.80. The lowest BCUT2D eigenvalue weighted by atomic mass is 10.2. The number of rotatable bonds is 5. The Hall–Kier alpha value is -2.94. The number of sulfone groups is 1. The molecular weight excluding hydrogens is 378 g/mol. The average Bonchev–Trinajstić information content (AvgIpc) is 2.66. The lowest BCUT2D eigenvalue weighted by molar-refractivity contribution is 0.0467. The van der Waals surface area contributed by atoms with E-state index < -0.39 is 26.5 Å². The molecule has 6 nitrogen and oxygen atoms in total. The van der Waals surface area contributed by atoms with Crippen LogP contribution >= 0.6 is 0 Å². The van der Waals surface area contributed by atoms with E-state index in [1.54, 1.807) is 13.0 Å². The molecule has 0 amide bonds. The highest BCUT2D eigenvalue weighted by atomic mass is 32.2. The molecule has 0 saturated carbocycles. The number of carbonyl (C=O) groups excluding carboxylic acids is 1. The van der Waals surface area contributed by atoms with Gasteiger partial charge in [0, 0.05) is 0 Å². The van der Waals surface area contributed by atoms with E-state index in [0.29, 0.717) is 16.9 Å². The molecule has 0 aliphatic rings. The number of fused-ring (bicyclic) bond motifs is 1. The number of nitrogens with zero attached hydrogens (tertiary/aromatic N) is 2. The van der Waals surface area contributed by atoms with Crippen molar-refractivity contribution in [2.45, 2.75) is 24.2 Å². The number of para-hydroxylation sites is 2. The maximum absolute atomic E-state index is 12.5. The Balaban J connectivity index is 1.74. The normalized spacial score (nSPS) is 11.7. The summed E-state index contributed by atoms with van der Waals surface area (Å²) in [5.41, 5.74) is 2.52. The zero-order valence-electron chi connectivity index (χ0n) is 14.1. The van der Waals surface area contributed by atoms with Crippen molar-refractivity contribution in [3.63, 3.8) is 0 Å². The van der Waals surface area contributed by atoms with E-state index in [4.69, 9.17) is 4.74 Å². The number of halogens is 2. The Morgan fingerprint density at radius 3 is 2.22 bits per heavy atom. The van der Waals surface area contributed by atoms with Crippen molar-refractivity contribution in [1.82, 2.24) is 9.97 Å². The Morgan fingerprint density at radius 1 is 1.04 bits per heavy atom. The molecule has 0 aliphatic heterocycles. The zero-order valence-corrected chi connectivity index (χ0v) is 14.9. The highest BCUT2D eigenvalue weighted by Crippen LogP contribution is 2.19. The predicted molar refractivity (Wildman–Crippen MR) is 93.0 cm³/mol. The lowest BCUT2D eigenvalue weighted by Gasteiger charge is -2.08. The molecule has 0 bridgehead atoms. The van der Waals surface area contributed by atoms with Gasteiger partial charge in [-0.15, -0.1) is 0 Å². The van der Waals surface area contributed by atoms with Gasteiger partial charge in [0.05, 0.1) is 32.9 Å². The van der Waals surface area contributed by atoms with Gasteiger partial charge < -0.3 is 4.74 Å². The lowest BCUT2D eigenvalue weighted by Crippen LogP contribution is -2.12. The van der Waals surface area contributed by atoms with E-state index in [9.17, 15) is 22.0 Å². The minimum Gasteiger partial charge on any atom is -0.456 e. The third-order valence-electron chi connectivity index (χ3n) is 3.84. The Morgan fingerprint density at radius 2 is 1.63 bits per heavy atom. The Bertz CT molecular complexity index is 1100. The molecule has 0 spiro atoms. The van der Waals surface area contributed by atoms with Gasteiger partial charge in [0.2, 0.25) is 9.84 Å². The van der Waals surface area contributed by atoms with E-state index in [0.717, 1.165) is 29.8 Å². The Kier molecular flexibility index (Phi) is 5.13. The summed E-state index contributed by atoms with van der Waals surface area (Å²) in [6.45, 7) is 1.62. The van der Waals surface area contributed by atoms with Crippen LogP contribution in [0, 0.1) is 6.92 Å². The molecular formula is C18H14F2N2O4S. The van der Waals surface area contributed by atoms with Crippen LogP contribution in [0.5, 0.6) is 0 Å². The molecule has 2 aromatic carbocycles. The van der Waals surface area contributed by atoms with Crippen molar-refractivity contribution in [3.05, 3.63) is 65.5 Å². The quantitative estimate of drug-likeness (QED) is 0.620. The van der Waals surface area contributed by atoms with E-state index in [1.165, 1.54) is 0 Å². The molecule has 0 N–H and O–H groups in total. The van der Waals surface area contributed by atoms with Crippen molar-refractivity contribution >= 4 is 26.8 Å². The molecule has 0 atom stereocenters. The fourth-order valence-corrected chi connectivity index (χ4v) is 3.08. The molecule has 3 aromatic rings. The molecule has 0 saturated heterocycles. The highest BCUT2D eigenvalue weighted by molar-refractivity contribution is 7.91. The highest BCUT2D eigenvalue weighted by Gasteiger charge is 2.26. The molecule has 3 rings (SSSR count). The van der Waals surface area contributed by atoms with Gasteiger partial charge in [0.15, 0.2) is 0 Å². The third kappa shape index (κ3) is 3.92. The van der Waals surface area contributed by atoms with E-state index >= 15 is 0 Å². The molecule has 140 valence electrons. The van der Waals surface area contributed by atoms with Crippen LogP contribution in [0.3, 0.4) is 0 Å². The molecule has 0 fully saturated rings. The number of ether oxygens (including phenoxy) is 1. The van der Waals surface area contributed by atoms with Gasteiger partial charge in [-0.2, -0.15) is 8.78 Å². The van der Waals surface area contributed by atoms with Gasteiger partial charge in [0.1, 0.15) is 6.61 Å². The van der Waals surface area contributed by atoms with E-state index in [-0.39, 0.29) is 12.2 Å². The summed E-state index contributed by atoms with van der Waals surface area (Å²) in [5.74, 6) is -4.25. The summed E-state index contributed by atoms with van der Waals surface area (Å²) in [4.78, 5) is 20.3. The average molecular weight is 392 g/mol. The minimum atomic E-state index is -4.70. The maximum atomic E-state index is 12.5. The van der Waals surface area contributed by atoms with Gasteiger partial charge in [-0.05, 0) is 43.3 Å². The van der Waals surface area contributed by atoms with Crippen LogP contribution in [-0.4, -0.2) is 30.1 Å². The number of carbonyl (C=O) groups is 1. The number of esters is 1. The molecule has 0 radical (unpaired) electrons. The number of aryl methyl sites for hydroxylation is 1. The summed E-state index contributed by atoms with van der Waals surface area (Å²) in [6, 6.07) is 11.4. The number of hydrogen-bond donors (Lipinski definition) is 0. The molecule has 9 heteroatoms. The SMILES string of the molecule is Cc1nc2ccccc2nc1COC(=O)c1ccc(S(=O)(=O)C(F)F)cc1. The van der Waals surface area contributed by atoms with Crippen LogP contribution in [0.1, 0.15) is 21.7 Å². The number of benzene rings is 2. The first-order valence-corrected chi connectivity index (χ1v) is 9.35. The molecule has 27 heavy (non-hydrogen) atoms.